The van der Waals surface area contributed by atoms with Crippen LogP contribution in [0.5, 0.6) is 0 Å². The summed E-state index contributed by atoms with van der Waals surface area (Å²) in [5, 5.41) is 3.31. The van der Waals surface area contributed by atoms with Crippen LogP contribution in [0, 0.1) is 0 Å². The number of aromatic nitrogens is 1. The summed E-state index contributed by atoms with van der Waals surface area (Å²) >= 11 is 3.32. The number of hydrogen-bond donors (Lipinski definition) is 1. The van der Waals surface area contributed by atoms with E-state index in [2.05, 4.69) is 33.2 Å². The lowest BCUT2D eigenvalue weighted by atomic mass is 10.2. The van der Waals surface area contributed by atoms with Crippen molar-refractivity contribution in [1.29, 1.82) is 0 Å². The van der Waals surface area contributed by atoms with Gasteiger partial charge < -0.3 is 10.2 Å². The molecule has 2 heterocycles. The lowest BCUT2D eigenvalue weighted by molar-refractivity contribution is 0.0708. The van der Waals surface area contributed by atoms with Crippen molar-refractivity contribution in [3.05, 3.63) is 28.5 Å². The van der Waals surface area contributed by atoms with Crippen LogP contribution in [0.25, 0.3) is 0 Å². The second kappa shape index (κ2) is 7.94. The Morgan fingerprint density at radius 3 is 2.83 bits per heavy atom. The van der Waals surface area contributed by atoms with Gasteiger partial charge in [-0.25, -0.2) is 0 Å². The highest BCUT2D eigenvalue weighted by Gasteiger charge is 2.21. The fraction of sp³-hybridized carbons (Fsp3) is 0.455. The van der Waals surface area contributed by atoms with Gasteiger partial charge in [0.15, 0.2) is 0 Å². The van der Waals surface area contributed by atoms with Gasteiger partial charge in [0.2, 0.25) is 0 Å². The number of rotatable bonds is 1. The van der Waals surface area contributed by atoms with E-state index in [-0.39, 0.29) is 30.7 Å². The molecule has 1 aliphatic rings. The van der Waals surface area contributed by atoms with Crippen molar-refractivity contribution in [3.63, 3.8) is 0 Å². The van der Waals surface area contributed by atoms with Gasteiger partial charge >= 0.3 is 0 Å². The van der Waals surface area contributed by atoms with E-state index in [4.69, 9.17) is 0 Å². The van der Waals surface area contributed by atoms with Crippen LogP contribution in [0.4, 0.5) is 0 Å². The van der Waals surface area contributed by atoms with Crippen molar-refractivity contribution in [2.45, 2.75) is 13.0 Å². The smallest absolute Gasteiger partial charge is 0.255 e. The van der Waals surface area contributed by atoms with Crippen LogP contribution in [0.15, 0.2) is 22.9 Å². The van der Waals surface area contributed by atoms with E-state index in [9.17, 15) is 4.79 Å². The van der Waals surface area contributed by atoms with Crippen LogP contribution in [0.3, 0.4) is 0 Å². The number of carbonyl (C=O) groups is 1. The van der Waals surface area contributed by atoms with Crippen LogP contribution in [-0.2, 0) is 0 Å². The fourth-order valence-corrected chi connectivity index (χ4v) is 2.19. The molecule has 7 heteroatoms. The summed E-state index contributed by atoms with van der Waals surface area (Å²) in [6.07, 6.45) is 3.29. The summed E-state index contributed by atoms with van der Waals surface area (Å²) in [5.74, 6) is 0.0575. The van der Waals surface area contributed by atoms with E-state index in [0.717, 1.165) is 24.1 Å². The highest BCUT2D eigenvalue weighted by molar-refractivity contribution is 9.10. The summed E-state index contributed by atoms with van der Waals surface area (Å²) in [6.45, 7) is 4.45. The van der Waals surface area contributed by atoms with Gasteiger partial charge in [0.1, 0.15) is 0 Å². The van der Waals surface area contributed by atoms with Crippen LogP contribution in [0.2, 0.25) is 0 Å². The van der Waals surface area contributed by atoms with E-state index >= 15 is 0 Å². The molecule has 0 bridgehead atoms. The largest absolute Gasteiger partial charge is 0.336 e. The molecule has 0 aliphatic carbocycles. The third-order valence-corrected chi connectivity index (χ3v) is 3.04. The first-order valence-corrected chi connectivity index (χ1v) is 6.09. The third kappa shape index (κ3) is 4.39. The van der Waals surface area contributed by atoms with Gasteiger partial charge in [-0.1, -0.05) is 0 Å². The lowest BCUT2D eigenvalue weighted by Gasteiger charge is -2.31. The Kier molecular flexibility index (Phi) is 7.78. The molecule has 0 spiro atoms. The van der Waals surface area contributed by atoms with Crippen molar-refractivity contribution >= 4 is 46.7 Å². The fourth-order valence-electron chi connectivity index (χ4n) is 1.83. The van der Waals surface area contributed by atoms with Crippen LogP contribution in [0.1, 0.15) is 17.3 Å². The van der Waals surface area contributed by atoms with Crippen molar-refractivity contribution in [1.82, 2.24) is 15.2 Å². The molecule has 1 aliphatic heterocycles. The van der Waals surface area contributed by atoms with Gasteiger partial charge in [-0.3, -0.25) is 9.78 Å². The number of hydrogen-bond acceptors (Lipinski definition) is 3. The second-order valence-corrected chi connectivity index (χ2v) is 4.91. The first-order valence-electron chi connectivity index (χ1n) is 5.30. The molecule has 102 valence electrons. The molecule has 4 nitrogen and oxygen atoms in total. The lowest BCUT2D eigenvalue weighted by Crippen LogP contribution is -2.51. The van der Waals surface area contributed by atoms with Crippen LogP contribution in [-0.4, -0.2) is 41.5 Å². The Morgan fingerprint density at radius 1 is 1.50 bits per heavy atom. The van der Waals surface area contributed by atoms with Gasteiger partial charge in [-0.05, 0) is 28.9 Å². The van der Waals surface area contributed by atoms with Crippen molar-refractivity contribution in [2.75, 3.05) is 19.6 Å². The minimum absolute atomic E-state index is 0. The maximum atomic E-state index is 12.1. The molecule has 1 atom stereocenters. The van der Waals surface area contributed by atoms with E-state index < -0.39 is 0 Å². The zero-order valence-electron chi connectivity index (χ0n) is 9.93. The van der Waals surface area contributed by atoms with Gasteiger partial charge in [0.05, 0.1) is 5.56 Å². The first-order chi connectivity index (χ1) is 7.66. The van der Waals surface area contributed by atoms with Gasteiger partial charge in [0, 0.05) is 42.5 Å². The molecular weight excluding hydrogens is 341 g/mol. The Morgan fingerprint density at radius 2 is 2.22 bits per heavy atom. The van der Waals surface area contributed by atoms with E-state index in [0.29, 0.717) is 11.6 Å². The molecule has 1 fully saturated rings. The van der Waals surface area contributed by atoms with Crippen LogP contribution < -0.4 is 5.32 Å². The maximum Gasteiger partial charge on any atom is 0.255 e. The second-order valence-electron chi connectivity index (χ2n) is 4.00. The number of nitrogens with zero attached hydrogens (tertiary/aromatic N) is 2. The van der Waals surface area contributed by atoms with E-state index in [1.807, 2.05) is 11.0 Å². The quantitative estimate of drug-likeness (QED) is 0.838. The normalized spacial score (nSPS) is 18.6. The van der Waals surface area contributed by atoms with Gasteiger partial charge in [-0.15, -0.1) is 24.8 Å². The Bertz CT molecular complexity index is 406. The standard InChI is InChI=1S/C11H14BrN3O.2ClH/c1-8-7-15(3-2-14-8)11(16)9-4-10(12)6-13-5-9;;/h4-6,8,14H,2-3,7H2,1H3;2*1H. The zero-order chi connectivity index (χ0) is 11.5. The summed E-state index contributed by atoms with van der Waals surface area (Å²) in [4.78, 5) is 18.0. The third-order valence-electron chi connectivity index (χ3n) is 2.61. The summed E-state index contributed by atoms with van der Waals surface area (Å²) in [6, 6.07) is 2.17. The monoisotopic (exact) mass is 355 g/mol. The highest BCUT2D eigenvalue weighted by atomic mass is 79.9. The maximum absolute atomic E-state index is 12.1. The number of carbonyl (C=O) groups excluding carboxylic acids is 1. The number of amides is 1. The molecule has 0 radical (unpaired) electrons. The van der Waals surface area contributed by atoms with Crippen molar-refractivity contribution in [3.8, 4) is 0 Å². The number of pyridine rings is 1. The highest BCUT2D eigenvalue weighted by Crippen LogP contribution is 2.12. The summed E-state index contributed by atoms with van der Waals surface area (Å²) in [7, 11) is 0. The predicted molar refractivity (Wildman–Crippen MR) is 79.8 cm³/mol. The Labute approximate surface area is 127 Å². The summed E-state index contributed by atoms with van der Waals surface area (Å²) in [5.41, 5.74) is 0.642. The molecule has 1 aromatic heterocycles. The minimum Gasteiger partial charge on any atom is -0.336 e. The minimum atomic E-state index is 0. The molecule has 1 amide bonds. The Balaban J connectivity index is 0.00000144. The molecule has 1 saturated heterocycles. The molecule has 0 aromatic carbocycles. The topological polar surface area (TPSA) is 45.2 Å². The van der Waals surface area contributed by atoms with Crippen LogP contribution >= 0.6 is 40.7 Å². The number of piperazine rings is 1. The molecule has 2 rings (SSSR count). The number of nitrogens with one attached hydrogen (secondary N) is 1. The van der Waals surface area contributed by atoms with E-state index in [1.54, 1.807) is 12.4 Å². The summed E-state index contributed by atoms with van der Waals surface area (Å²) < 4.78 is 0.835. The molecule has 1 aromatic rings. The van der Waals surface area contributed by atoms with E-state index in [1.165, 1.54) is 0 Å². The zero-order valence-corrected chi connectivity index (χ0v) is 13.1. The molecule has 18 heavy (non-hydrogen) atoms. The average molecular weight is 357 g/mol. The molecule has 1 N–H and O–H groups in total. The molecule has 1 unspecified atom stereocenters. The molecule has 0 saturated carbocycles. The predicted octanol–water partition coefficient (Wildman–Crippen LogP) is 2.12. The van der Waals surface area contributed by atoms with Crippen molar-refractivity contribution in [2.24, 2.45) is 0 Å². The van der Waals surface area contributed by atoms with Crippen molar-refractivity contribution < 1.29 is 4.79 Å². The van der Waals surface area contributed by atoms with Gasteiger partial charge in [0.25, 0.3) is 5.91 Å². The number of halogens is 3. The SMILES string of the molecule is CC1CN(C(=O)c2cncc(Br)c2)CCN1.Cl.Cl. The first kappa shape index (κ1) is 17.6. The average Bonchev–Trinajstić information content (AvgIpc) is 2.28. The Hall–Kier alpha value is -0.360. The molecular formula is C11H16BrCl2N3O. The van der Waals surface area contributed by atoms with Gasteiger partial charge in [-0.2, -0.15) is 0 Å².